The van der Waals surface area contributed by atoms with Crippen LogP contribution in [0.2, 0.25) is 0 Å². The molecule has 128 valence electrons. The number of hydrogen-bond acceptors (Lipinski definition) is 5. The molecular formula is C16H22N6O2. The normalized spacial score (nSPS) is 15.1. The van der Waals surface area contributed by atoms with Crippen LogP contribution in [0.5, 0.6) is 5.75 Å². The fourth-order valence-electron chi connectivity index (χ4n) is 2.99. The van der Waals surface area contributed by atoms with Gasteiger partial charge in [0.25, 0.3) is 0 Å². The van der Waals surface area contributed by atoms with Crippen molar-refractivity contribution in [2.45, 2.75) is 45.1 Å². The lowest BCUT2D eigenvalue weighted by Gasteiger charge is -2.23. The van der Waals surface area contributed by atoms with Crippen LogP contribution in [0.1, 0.15) is 37.9 Å². The second-order valence-corrected chi connectivity index (χ2v) is 5.96. The first-order chi connectivity index (χ1) is 11.7. The number of aryl methyl sites for hydroxylation is 1. The number of amides is 2. The molecule has 1 aromatic carbocycles. The van der Waals surface area contributed by atoms with E-state index in [0.717, 1.165) is 12.8 Å². The van der Waals surface area contributed by atoms with Crippen LogP contribution in [0.3, 0.4) is 0 Å². The highest BCUT2D eigenvalue weighted by atomic mass is 16.5. The van der Waals surface area contributed by atoms with Gasteiger partial charge in [0.1, 0.15) is 11.4 Å². The summed E-state index contributed by atoms with van der Waals surface area (Å²) in [5.74, 6) is 1.26. The van der Waals surface area contributed by atoms with E-state index in [4.69, 9.17) is 4.74 Å². The average Bonchev–Trinajstić information content (AvgIpc) is 3.01. The van der Waals surface area contributed by atoms with Gasteiger partial charge in [-0.3, -0.25) is 0 Å². The number of methoxy groups -OCH3 is 1. The summed E-state index contributed by atoms with van der Waals surface area (Å²) >= 11 is 0. The zero-order chi connectivity index (χ0) is 16.9. The fourth-order valence-corrected chi connectivity index (χ4v) is 2.99. The summed E-state index contributed by atoms with van der Waals surface area (Å²) in [5, 5.41) is 17.4. The van der Waals surface area contributed by atoms with E-state index in [1.807, 2.05) is 0 Å². The highest BCUT2D eigenvalue weighted by molar-refractivity contribution is 5.90. The molecule has 2 aromatic rings. The van der Waals surface area contributed by atoms with Crippen molar-refractivity contribution in [2.24, 2.45) is 0 Å². The molecule has 1 saturated carbocycles. The molecule has 0 spiro atoms. The fraction of sp³-hybridized carbons (Fsp3) is 0.500. The third kappa shape index (κ3) is 3.64. The lowest BCUT2D eigenvalue weighted by molar-refractivity contribution is 0.244. The van der Waals surface area contributed by atoms with Gasteiger partial charge in [-0.25, -0.2) is 4.79 Å². The van der Waals surface area contributed by atoms with E-state index in [1.54, 1.807) is 36.9 Å². The number of rotatable bonds is 4. The predicted molar refractivity (Wildman–Crippen MR) is 89.5 cm³/mol. The molecule has 1 heterocycles. The van der Waals surface area contributed by atoms with Crippen molar-refractivity contribution in [3.05, 3.63) is 24.0 Å². The van der Waals surface area contributed by atoms with E-state index in [-0.39, 0.29) is 12.1 Å². The molecule has 24 heavy (non-hydrogen) atoms. The minimum atomic E-state index is -0.188. The Morgan fingerprint density at radius 3 is 2.75 bits per heavy atom. The molecule has 0 saturated heterocycles. The summed E-state index contributed by atoms with van der Waals surface area (Å²) in [7, 11) is 1.58. The number of tetrazole rings is 1. The number of benzene rings is 1. The van der Waals surface area contributed by atoms with Crippen molar-refractivity contribution in [1.82, 2.24) is 25.5 Å². The Morgan fingerprint density at radius 2 is 2.08 bits per heavy atom. The lowest BCUT2D eigenvalue weighted by atomic mass is 9.96. The SMILES string of the molecule is COc1ccc(NC(=O)NC2CCCCC2)cc1-n1nnnc1C. The van der Waals surface area contributed by atoms with Gasteiger partial charge in [-0.2, -0.15) is 4.68 Å². The van der Waals surface area contributed by atoms with Gasteiger partial charge in [0, 0.05) is 11.7 Å². The molecule has 2 amide bonds. The largest absolute Gasteiger partial charge is 0.494 e. The van der Waals surface area contributed by atoms with Crippen LogP contribution < -0.4 is 15.4 Å². The van der Waals surface area contributed by atoms with Gasteiger partial charge in [-0.15, -0.1) is 5.10 Å². The molecule has 0 unspecified atom stereocenters. The van der Waals surface area contributed by atoms with Crippen molar-refractivity contribution in [3.63, 3.8) is 0 Å². The van der Waals surface area contributed by atoms with Crippen LogP contribution in [-0.4, -0.2) is 39.4 Å². The van der Waals surface area contributed by atoms with Gasteiger partial charge >= 0.3 is 6.03 Å². The van der Waals surface area contributed by atoms with Crippen LogP contribution in [-0.2, 0) is 0 Å². The number of ether oxygens (including phenoxy) is 1. The van der Waals surface area contributed by atoms with E-state index < -0.39 is 0 Å². The molecule has 1 fully saturated rings. The summed E-state index contributed by atoms with van der Waals surface area (Å²) in [4.78, 5) is 12.2. The maximum absolute atomic E-state index is 12.2. The standard InChI is InChI=1S/C16H22N6O2/c1-11-19-20-21-22(11)14-10-13(8-9-15(14)24-2)18-16(23)17-12-6-4-3-5-7-12/h8-10,12H,3-7H2,1-2H3,(H2,17,18,23). The van der Waals surface area contributed by atoms with Crippen molar-refractivity contribution in [2.75, 3.05) is 12.4 Å². The van der Waals surface area contributed by atoms with E-state index in [2.05, 4.69) is 26.2 Å². The molecule has 1 aliphatic carbocycles. The lowest BCUT2D eigenvalue weighted by Crippen LogP contribution is -2.39. The number of urea groups is 1. The Balaban J connectivity index is 1.74. The molecule has 8 heteroatoms. The van der Waals surface area contributed by atoms with Crippen LogP contribution in [0.4, 0.5) is 10.5 Å². The summed E-state index contributed by atoms with van der Waals surface area (Å²) < 4.78 is 6.93. The van der Waals surface area contributed by atoms with Crippen molar-refractivity contribution in [3.8, 4) is 11.4 Å². The summed E-state index contributed by atoms with van der Waals surface area (Å²) in [6.45, 7) is 1.80. The van der Waals surface area contributed by atoms with Crippen molar-refractivity contribution in [1.29, 1.82) is 0 Å². The third-order valence-electron chi connectivity index (χ3n) is 4.23. The molecule has 0 atom stereocenters. The molecule has 0 bridgehead atoms. The number of hydrogen-bond donors (Lipinski definition) is 2. The number of carbonyl (C=O) groups excluding carboxylic acids is 1. The third-order valence-corrected chi connectivity index (χ3v) is 4.23. The van der Waals surface area contributed by atoms with E-state index in [9.17, 15) is 4.79 Å². The maximum Gasteiger partial charge on any atom is 0.319 e. The first kappa shape index (κ1) is 16.2. The Labute approximate surface area is 140 Å². The molecule has 2 N–H and O–H groups in total. The van der Waals surface area contributed by atoms with E-state index >= 15 is 0 Å². The molecule has 1 aliphatic rings. The molecule has 3 rings (SSSR count). The number of carbonyl (C=O) groups is 1. The molecule has 8 nitrogen and oxygen atoms in total. The van der Waals surface area contributed by atoms with Crippen molar-refractivity contribution < 1.29 is 9.53 Å². The highest BCUT2D eigenvalue weighted by Gasteiger charge is 2.16. The second-order valence-electron chi connectivity index (χ2n) is 5.96. The Hall–Kier alpha value is -2.64. The number of nitrogens with zero attached hydrogens (tertiary/aromatic N) is 4. The van der Waals surface area contributed by atoms with Crippen LogP contribution in [0.25, 0.3) is 5.69 Å². The smallest absolute Gasteiger partial charge is 0.319 e. The number of nitrogens with one attached hydrogen (secondary N) is 2. The number of anilines is 1. The summed E-state index contributed by atoms with van der Waals surface area (Å²) in [6.07, 6.45) is 5.70. The first-order valence-corrected chi connectivity index (χ1v) is 8.18. The molecule has 0 aliphatic heterocycles. The predicted octanol–water partition coefficient (Wildman–Crippen LogP) is 2.43. The zero-order valence-corrected chi connectivity index (χ0v) is 14.0. The quantitative estimate of drug-likeness (QED) is 0.898. The van der Waals surface area contributed by atoms with Crippen LogP contribution >= 0.6 is 0 Å². The Morgan fingerprint density at radius 1 is 1.29 bits per heavy atom. The van der Waals surface area contributed by atoms with Gasteiger partial charge in [-0.1, -0.05) is 19.3 Å². The molecule has 1 aromatic heterocycles. The Bertz CT molecular complexity index is 708. The van der Waals surface area contributed by atoms with Gasteiger partial charge in [-0.05, 0) is 48.4 Å². The molecular weight excluding hydrogens is 308 g/mol. The van der Waals surface area contributed by atoms with Gasteiger partial charge in [0.2, 0.25) is 0 Å². The minimum absolute atomic E-state index is 0.188. The average molecular weight is 330 g/mol. The Kier molecular flexibility index (Phi) is 4.93. The first-order valence-electron chi connectivity index (χ1n) is 8.18. The van der Waals surface area contributed by atoms with E-state index in [0.29, 0.717) is 22.9 Å². The minimum Gasteiger partial charge on any atom is -0.494 e. The zero-order valence-electron chi connectivity index (χ0n) is 14.0. The number of aromatic nitrogens is 4. The topological polar surface area (TPSA) is 94.0 Å². The van der Waals surface area contributed by atoms with E-state index in [1.165, 1.54) is 19.3 Å². The van der Waals surface area contributed by atoms with Crippen molar-refractivity contribution >= 4 is 11.7 Å². The van der Waals surface area contributed by atoms with Gasteiger partial charge < -0.3 is 15.4 Å². The monoisotopic (exact) mass is 330 g/mol. The van der Waals surface area contributed by atoms with Crippen LogP contribution in [0, 0.1) is 6.92 Å². The van der Waals surface area contributed by atoms with Gasteiger partial charge in [0.05, 0.1) is 7.11 Å². The maximum atomic E-state index is 12.2. The van der Waals surface area contributed by atoms with Crippen LogP contribution in [0.15, 0.2) is 18.2 Å². The highest BCUT2D eigenvalue weighted by Crippen LogP contribution is 2.26. The summed E-state index contributed by atoms with van der Waals surface area (Å²) in [5.41, 5.74) is 1.34. The molecule has 0 radical (unpaired) electrons. The van der Waals surface area contributed by atoms with Gasteiger partial charge in [0.15, 0.2) is 5.82 Å². The second kappa shape index (κ2) is 7.29. The summed E-state index contributed by atoms with van der Waals surface area (Å²) in [6, 6.07) is 5.45.